The van der Waals surface area contributed by atoms with E-state index in [0.717, 1.165) is 0 Å². The Kier molecular flexibility index (Phi) is 3.84. The van der Waals surface area contributed by atoms with Gasteiger partial charge in [-0.15, -0.1) is 0 Å². The van der Waals surface area contributed by atoms with Crippen molar-refractivity contribution in [2.24, 2.45) is 0 Å². The maximum absolute atomic E-state index is 12.1. The summed E-state index contributed by atoms with van der Waals surface area (Å²) in [5.41, 5.74) is 0.606. The third kappa shape index (κ3) is 2.63. The molecule has 5 nitrogen and oxygen atoms in total. The third-order valence-electron chi connectivity index (χ3n) is 3.38. The lowest BCUT2D eigenvalue weighted by Crippen LogP contribution is -2.44. The van der Waals surface area contributed by atoms with Crippen LogP contribution in [0.1, 0.15) is 5.56 Å². The molecule has 1 fully saturated rings. The van der Waals surface area contributed by atoms with Gasteiger partial charge in [-0.05, 0) is 6.07 Å². The normalized spacial score (nSPS) is 23.0. The summed E-state index contributed by atoms with van der Waals surface area (Å²) in [7, 11) is 1.68. The van der Waals surface area contributed by atoms with Crippen LogP contribution in [-0.2, 0) is 11.2 Å². The van der Waals surface area contributed by atoms with E-state index in [1.807, 2.05) is 0 Å². The van der Waals surface area contributed by atoms with Crippen molar-refractivity contribution in [3.8, 4) is 5.75 Å². The van der Waals surface area contributed by atoms with Crippen LogP contribution in [-0.4, -0.2) is 53.3 Å². The van der Waals surface area contributed by atoms with E-state index in [0.29, 0.717) is 18.7 Å². The van der Waals surface area contributed by atoms with Crippen LogP contribution in [0.3, 0.4) is 0 Å². The number of hydrogen-bond acceptors (Lipinski definition) is 4. The molecule has 0 unspecified atom stereocenters. The first-order valence-corrected chi connectivity index (χ1v) is 6.01. The van der Waals surface area contributed by atoms with E-state index < -0.39 is 6.10 Å². The first-order valence-electron chi connectivity index (χ1n) is 6.01. The molecule has 1 aromatic carbocycles. The number of nitrogens with one attached hydrogen (secondary N) is 1. The first kappa shape index (κ1) is 12.9. The van der Waals surface area contributed by atoms with Crippen molar-refractivity contribution in [2.45, 2.75) is 18.6 Å². The number of carbonyl (C=O) groups is 1. The van der Waals surface area contributed by atoms with Gasteiger partial charge in [0.05, 0.1) is 18.6 Å². The highest BCUT2D eigenvalue weighted by Gasteiger charge is 2.31. The lowest BCUT2D eigenvalue weighted by Gasteiger charge is -2.26. The number of para-hydroxylation sites is 1. The smallest absolute Gasteiger partial charge is 0.227 e. The van der Waals surface area contributed by atoms with Crippen molar-refractivity contribution < 1.29 is 15.0 Å². The summed E-state index contributed by atoms with van der Waals surface area (Å²) in [5.74, 6) is 0.0218. The monoisotopic (exact) mass is 250 g/mol. The van der Waals surface area contributed by atoms with Crippen LogP contribution in [0.4, 0.5) is 0 Å². The molecule has 1 aliphatic heterocycles. The number of nitrogens with zero attached hydrogens (tertiary/aromatic N) is 1. The first-order chi connectivity index (χ1) is 8.59. The molecule has 0 bridgehead atoms. The van der Waals surface area contributed by atoms with Crippen molar-refractivity contribution in [2.75, 3.05) is 20.1 Å². The Balaban J connectivity index is 2.02. The van der Waals surface area contributed by atoms with Crippen molar-refractivity contribution >= 4 is 5.91 Å². The fourth-order valence-corrected chi connectivity index (χ4v) is 2.18. The highest BCUT2D eigenvalue weighted by Crippen LogP contribution is 2.18. The maximum Gasteiger partial charge on any atom is 0.227 e. The van der Waals surface area contributed by atoms with Gasteiger partial charge in [0.15, 0.2) is 0 Å². The number of aliphatic hydroxyl groups is 1. The molecule has 98 valence electrons. The summed E-state index contributed by atoms with van der Waals surface area (Å²) < 4.78 is 0. The Morgan fingerprint density at radius 1 is 1.44 bits per heavy atom. The van der Waals surface area contributed by atoms with Gasteiger partial charge in [0.2, 0.25) is 5.91 Å². The zero-order chi connectivity index (χ0) is 13.1. The van der Waals surface area contributed by atoms with Gasteiger partial charge < -0.3 is 20.4 Å². The maximum atomic E-state index is 12.1. The summed E-state index contributed by atoms with van der Waals surface area (Å²) in [6, 6.07) is 6.61. The summed E-state index contributed by atoms with van der Waals surface area (Å²) in [4.78, 5) is 13.6. The predicted molar refractivity (Wildman–Crippen MR) is 67.2 cm³/mol. The molecule has 1 heterocycles. The van der Waals surface area contributed by atoms with Crippen LogP contribution >= 0.6 is 0 Å². The number of phenols is 1. The highest BCUT2D eigenvalue weighted by atomic mass is 16.3. The Labute approximate surface area is 106 Å². The van der Waals surface area contributed by atoms with Gasteiger partial charge in [-0.25, -0.2) is 0 Å². The fraction of sp³-hybridized carbons (Fsp3) is 0.462. The molecule has 1 saturated heterocycles. The van der Waals surface area contributed by atoms with Crippen LogP contribution in [0.5, 0.6) is 5.75 Å². The Hall–Kier alpha value is -1.59. The number of likely N-dealkylation sites (N-methyl/N-ethyl adjacent to an activating group) is 1. The van der Waals surface area contributed by atoms with Crippen LogP contribution in [0.2, 0.25) is 0 Å². The molecule has 2 atom stereocenters. The van der Waals surface area contributed by atoms with Gasteiger partial charge in [0.1, 0.15) is 5.75 Å². The number of benzene rings is 1. The Morgan fingerprint density at radius 2 is 2.17 bits per heavy atom. The summed E-state index contributed by atoms with van der Waals surface area (Å²) in [6.07, 6.45) is -0.379. The molecule has 1 aliphatic rings. The number of aliphatic hydroxyl groups excluding tert-OH is 1. The van der Waals surface area contributed by atoms with E-state index in [1.54, 1.807) is 36.2 Å². The number of aromatic hydroxyl groups is 1. The molecule has 1 amide bonds. The number of phenolic OH excluding ortho intramolecular Hbond substituents is 1. The Morgan fingerprint density at radius 3 is 2.78 bits per heavy atom. The fourth-order valence-electron chi connectivity index (χ4n) is 2.18. The van der Waals surface area contributed by atoms with E-state index in [4.69, 9.17) is 0 Å². The number of rotatable bonds is 3. The minimum absolute atomic E-state index is 0.107. The van der Waals surface area contributed by atoms with E-state index in [9.17, 15) is 15.0 Å². The number of β-amino-alcohol motifs (C(OH)–C–C–N with tert-alkyl or cyclic N) is 1. The van der Waals surface area contributed by atoms with E-state index in [2.05, 4.69) is 5.32 Å². The van der Waals surface area contributed by atoms with Crippen LogP contribution in [0.25, 0.3) is 0 Å². The SMILES string of the molecule is CN(C(=O)Cc1ccccc1O)[C@H]1CNC[C@@H]1O. The molecule has 0 aromatic heterocycles. The average Bonchev–Trinajstić information content (AvgIpc) is 2.77. The predicted octanol–water partition coefficient (Wildman–Crippen LogP) is -0.274. The summed E-state index contributed by atoms with van der Waals surface area (Å²) in [5, 5.41) is 22.4. The van der Waals surface area contributed by atoms with E-state index >= 15 is 0 Å². The van der Waals surface area contributed by atoms with Crippen molar-refractivity contribution in [1.82, 2.24) is 10.2 Å². The minimum Gasteiger partial charge on any atom is -0.508 e. The van der Waals surface area contributed by atoms with Gasteiger partial charge in [0.25, 0.3) is 0 Å². The minimum atomic E-state index is -0.525. The van der Waals surface area contributed by atoms with Gasteiger partial charge in [-0.1, -0.05) is 18.2 Å². The summed E-state index contributed by atoms with van der Waals surface area (Å²) >= 11 is 0. The van der Waals surface area contributed by atoms with Crippen molar-refractivity contribution in [1.29, 1.82) is 0 Å². The topological polar surface area (TPSA) is 72.8 Å². The van der Waals surface area contributed by atoms with Crippen LogP contribution in [0.15, 0.2) is 24.3 Å². The number of hydrogen-bond donors (Lipinski definition) is 3. The molecule has 2 rings (SSSR count). The molecular weight excluding hydrogens is 232 g/mol. The van der Waals surface area contributed by atoms with Crippen LogP contribution < -0.4 is 5.32 Å². The van der Waals surface area contributed by atoms with E-state index in [-0.39, 0.29) is 24.1 Å². The average molecular weight is 250 g/mol. The molecule has 0 radical (unpaired) electrons. The quantitative estimate of drug-likeness (QED) is 0.690. The molecule has 0 aliphatic carbocycles. The lowest BCUT2D eigenvalue weighted by molar-refractivity contribution is -0.132. The molecule has 1 aromatic rings. The third-order valence-corrected chi connectivity index (χ3v) is 3.38. The second kappa shape index (κ2) is 5.37. The molecule has 0 spiro atoms. The zero-order valence-electron chi connectivity index (χ0n) is 10.3. The largest absolute Gasteiger partial charge is 0.508 e. The van der Waals surface area contributed by atoms with Crippen molar-refractivity contribution in [3.05, 3.63) is 29.8 Å². The Bertz CT molecular complexity index is 436. The molecule has 5 heteroatoms. The van der Waals surface area contributed by atoms with Crippen molar-refractivity contribution in [3.63, 3.8) is 0 Å². The zero-order valence-corrected chi connectivity index (χ0v) is 10.3. The number of amides is 1. The standard InChI is InChI=1S/C13H18N2O3/c1-15(10-7-14-8-12(10)17)13(18)6-9-4-2-3-5-11(9)16/h2-5,10,12,14,16-17H,6-8H2,1H3/t10-,12-/m0/s1. The van der Waals surface area contributed by atoms with Gasteiger partial charge in [0, 0.05) is 25.7 Å². The van der Waals surface area contributed by atoms with Gasteiger partial charge in [-0.2, -0.15) is 0 Å². The van der Waals surface area contributed by atoms with E-state index in [1.165, 1.54) is 0 Å². The molecular formula is C13H18N2O3. The summed E-state index contributed by atoms with van der Waals surface area (Å²) in [6.45, 7) is 1.11. The van der Waals surface area contributed by atoms with Crippen LogP contribution in [0, 0.1) is 0 Å². The molecule has 3 N–H and O–H groups in total. The van der Waals surface area contributed by atoms with Gasteiger partial charge in [-0.3, -0.25) is 4.79 Å². The second-order valence-corrected chi connectivity index (χ2v) is 4.60. The number of carbonyl (C=O) groups excluding carboxylic acids is 1. The molecule has 0 saturated carbocycles. The van der Waals surface area contributed by atoms with Gasteiger partial charge >= 0.3 is 0 Å². The highest BCUT2D eigenvalue weighted by molar-refractivity contribution is 5.79. The second-order valence-electron chi connectivity index (χ2n) is 4.60. The lowest BCUT2D eigenvalue weighted by atomic mass is 10.1. The molecule has 18 heavy (non-hydrogen) atoms.